The Morgan fingerprint density at radius 1 is 1.11 bits per heavy atom. The summed E-state index contributed by atoms with van der Waals surface area (Å²) >= 11 is 6.41. The number of benzene rings is 2. The molecule has 1 aliphatic heterocycles. The average molecular weight is 544 g/mol. The molecular weight excluding hydrogens is 510 g/mol. The van der Waals surface area contributed by atoms with E-state index in [4.69, 9.17) is 30.5 Å². The van der Waals surface area contributed by atoms with Crippen molar-refractivity contribution in [1.29, 1.82) is 0 Å². The van der Waals surface area contributed by atoms with E-state index >= 15 is 0 Å². The summed E-state index contributed by atoms with van der Waals surface area (Å²) in [5.74, 6) is 1.42. The van der Waals surface area contributed by atoms with Gasteiger partial charge in [-0.2, -0.15) is 9.97 Å². The minimum atomic E-state index is -0.317. The third kappa shape index (κ3) is 7.83. The molecule has 0 saturated carbocycles. The molecule has 1 fully saturated rings. The Bertz CT molecular complexity index is 1220. The number of morpholine rings is 1. The fourth-order valence-electron chi connectivity index (χ4n) is 3.93. The molecule has 1 saturated heterocycles. The van der Waals surface area contributed by atoms with E-state index in [1.165, 1.54) is 0 Å². The number of urea groups is 1. The summed E-state index contributed by atoms with van der Waals surface area (Å²) in [6.07, 6.45) is 2.74. The number of amides is 2. The molecule has 10 nitrogen and oxygen atoms in total. The number of rotatable bonds is 12. The van der Waals surface area contributed by atoms with Gasteiger partial charge in [0.1, 0.15) is 11.5 Å². The summed E-state index contributed by atoms with van der Waals surface area (Å²) in [7, 11) is 1.60. The zero-order valence-electron chi connectivity index (χ0n) is 21.8. The first kappa shape index (κ1) is 27.7. The Morgan fingerprint density at radius 3 is 2.68 bits per heavy atom. The number of unbranched alkanes of at least 4 members (excludes halogenated alkanes) is 1. The number of hydrogen-bond acceptors (Lipinski definition) is 8. The van der Waals surface area contributed by atoms with E-state index in [1.807, 2.05) is 25.1 Å². The number of methoxy groups -OCH3 is 1. The second-order valence-corrected chi connectivity index (χ2v) is 9.24. The lowest BCUT2D eigenvalue weighted by Crippen LogP contribution is -2.36. The summed E-state index contributed by atoms with van der Waals surface area (Å²) in [4.78, 5) is 23.5. The number of carbonyl (C=O) groups is 1. The number of nitrogens with zero attached hydrogens (tertiary/aromatic N) is 3. The second-order valence-electron chi connectivity index (χ2n) is 8.83. The van der Waals surface area contributed by atoms with Crippen molar-refractivity contribution in [2.75, 3.05) is 58.4 Å². The van der Waals surface area contributed by atoms with Crippen molar-refractivity contribution in [3.05, 3.63) is 41.4 Å². The number of carbonyl (C=O) groups excluding carboxylic acids is 1. The lowest BCUT2D eigenvalue weighted by atomic mass is 10.2. The van der Waals surface area contributed by atoms with E-state index in [-0.39, 0.29) is 12.0 Å². The van der Waals surface area contributed by atoms with Gasteiger partial charge < -0.3 is 29.6 Å². The summed E-state index contributed by atoms with van der Waals surface area (Å²) in [5.41, 5.74) is 1.14. The molecule has 204 valence electrons. The van der Waals surface area contributed by atoms with Crippen LogP contribution in [0.5, 0.6) is 23.4 Å². The van der Waals surface area contributed by atoms with E-state index in [2.05, 4.69) is 25.5 Å². The Hall–Kier alpha value is -3.34. The molecule has 3 aromatic rings. The van der Waals surface area contributed by atoms with Crippen LogP contribution in [0.15, 0.2) is 36.4 Å². The zero-order chi connectivity index (χ0) is 26.7. The third-order valence-electron chi connectivity index (χ3n) is 5.99. The molecular formula is C27H34ClN5O5. The van der Waals surface area contributed by atoms with Gasteiger partial charge in [-0.25, -0.2) is 4.79 Å². The molecule has 0 unspecified atom stereocenters. The molecule has 0 bridgehead atoms. The Balaban J connectivity index is 1.45. The van der Waals surface area contributed by atoms with Crippen LogP contribution in [0, 0.1) is 0 Å². The summed E-state index contributed by atoms with van der Waals surface area (Å²) in [6.45, 7) is 7.63. The van der Waals surface area contributed by atoms with Crippen molar-refractivity contribution < 1.29 is 23.7 Å². The van der Waals surface area contributed by atoms with E-state index < -0.39 is 0 Å². The molecule has 2 aromatic carbocycles. The van der Waals surface area contributed by atoms with Gasteiger partial charge in [-0.1, -0.05) is 18.5 Å². The number of hydrogen-bond donors (Lipinski definition) is 2. The highest BCUT2D eigenvalue weighted by atomic mass is 35.5. The van der Waals surface area contributed by atoms with E-state index in [0.717, 1.165) is 52.1 Å². The largest absolute Gasteiger partial charge is 0.497 e. The smallest absolute Gasteiger partial charge is 0.320 e. The van der Waals surface area contributed by atoms with Crippen molar-refractivity contribution in [2.24, 2.45) is 0 Å². The number of fused-ring (bicyclic) bond motifs is 1. The number of ether oxygens (including phenoxy) is 4. The molecule has 38 heavy (non-hydrogen) atoms. The van der Waals surface area contributed by atoms with Crippen molar-refractivity contribution >= 4 is 34.2 Å². The van der Waals surface area contributed by atoms with Crippen LogP contribution in [0.25, 0.3) is 10.9 Å². The van der Waals surface area contributed by atoms with Crippen LogP contribution in [-0.2, 0) is 4.74 Å². The van der Waals surface area contributed by atoms with Gasteiger partial charge in [0.25, 0.3) is 0 Å². The normalized spacial score (nSPS) is 13.8. The molecule has 2 amide bonds. The lowest BCUT2D eigenvalue weighted by molar-refractivity contribution is 0.0367. The average Bonchev–Trinajstić information content (AvgIpc) is 2.93. The summed E-state index contributed by atoms with van der Waals surface area (Å²) in [6, 6.07) is 10.4. The number of halogens is 1. The molecule has 11 heteroatoms. The first-order chi connectivity index (χ1) is 18.6. The predicted molar refractivity (Wildman–Crippen MR) is 147 cm³/mol. The van der Waals surface area contributed by atoms with Crippen molar-refractivity contribution in [1.82, 2.24) is 20.2 Å². The quantitative estimate of drug-likeness (QED) is 0.304. The fraction of sp³-hybridized carbons (Fsp3) is 0.444. The van der Waals surface area contributed by atoms with Crippen LogP contribution < -0.4 is 24.8 Å². The number of nitrogens with one attached hydrogen (secondary N) is 2. The van der Waals surface area contributed by atoms with Crippen LogP contribution in [0.3, 0.4) is 0 Å². The second kappa shape index (κ2) is 14.0. The predicted octanol–water partition coefficient (Wildman–Crippen LogP) is 5.11. The topological polar surface area (TPSA) is 107 Å². The minimum absolute atomic E-state index is 0.237. The lowest BCUT2D eigenvalue weighted by Gasteiger charge is -2.26. The zero-order valence-corrected chi connectivity index (χ0v) is 22.6. The van der Waals surface area contributed by atoms with Crippen LogP contribution in [0.1, 0.15) is 26.2 Å². The minimum Gasteiger partial charge on any atom is -0.497 e. The third-order valence-corrected chi connectivity index (χ3v) is 6.30. The molecule has 0 atom stereocenters. The van der Waals surface area contributed by atoms with Gasteiger partial charge >= 0.3 is 12.0 Å². The van der Waals surface area contributed by atoms with Gasteiger partial charge in [0.2, 0.25) is 5.88 Å². The van der Waals surface area contributed by atoms with E-state index in [1.54, 1.807) is 25.3 Å². The van der Waals surface area contributed by atoms with Crippen molar-refractivity contribution in [3.8, 4) is 23.4 Å². The van der Waals surface area contributed by atoms with Crippen LogP contribution in [-0.4, -0.2) is 74.0 Å². The Morgan fingerprint density at radius 2 is 1.92 bits per heavy atom. The monoisotopic (exact) mass is 543 g/mol. The Labute approximate surface area is 227 Å². The number of aromatic nitrogens is 2. The fourth-order valence-corrected chi connectivity index (χ4v) is 4.15. The van der Waals surface area contributed by atoms with Crippen LogP contribution >= 0.6 is 11.6 Å². The standard InChI is InChI=1S/C27H34ClN5O5/c1-3-10-29-26(34)30-24-9-7-20(18-22(24)28)38-25-21-17-19(35-2)6-8-23(21)31-27(32-25)37-14-5-4-11-33-12-15-36-16-13-33/h6-9,17-18H,3-5,10-16H2,1-2H3,(H2,29,30,34). The van der Waals surface area contributed by atoms with E-state index in [0.29, 0.717) is 52.1 Å². The molecule has 0 spiro atoms. The molecule has 2 N–H and O–H groups in total. The van der Waals surface area contributed by atoms with Crippen LogP contribution in [0.2, 0.25) is 5.02 Å². The first-order valence-corrected chi connectivity index (χ1v) is 13.2. The maximum absolute atomic E-state index is 12.0. The molecule has 4 rings (SSSR count). The molecule has 0 aliphatic carbocycles. The Kier molecular flexibility index (Phi) is 10.2. The SMILES string of the molecule is CCCNC(=O)Nc1ccc(Oc2nc(OCCCCN3CCOCC3)nc3ccc(OC)cc23)cc1Cl. The van der Waals surface area contributed by atoms with Crippen LogP contribution in [0.4, 0.5) is 10.5 Å². The highest BCUT2D eigenvalue weighted by Crippen LogP contribution is 2.34. The van der Waals surface area contributed by atoms with Gasteiger partial charge in [0.15, 0.2) is 0 Å². The highest BCUT2D eigenvalue weighted by molar-refractivity contribution is 6.33. The summed E-state index contributed by atoms with van der Waals surface area (Å²) < 4.78 is 22.8. The highest BCUT2D eigenvalue weighted by Gasteiger charge is 2.15. The van der Waals surface area contributed by atoms with Gasteiger partial charge in [-0.15, -0.1) is 0 Å². The molecule has 0 radical (unpaired) electrons. The summed E-state index contributed by atoms with van der Waals surface area (Å²) in [5, 5.41) is 6.49. The van der Waals surface area contributed by atoms with Gasteiger partial charge in [-0.3, -0.25) is 4.90 Å². The number of anilines is 1. The molecule has 2 heterocycles. The van der Waals surface area contributed by atoms with E-state index in [9.17, 15) is 4.79 Å². The molecule has 1 aliphatic rings. The van der Waals surface area contributed by atoms with Gasteiger partial charge in [0.05, 0.1) is 48.5 Å². The first-order valence-electron chi connectivity index (χ1n) is 12.9. The molecule has 1 aromatic heterocycles. The van der Waals surface area contributed by atoms with Gasteiger partial charge in [-0.05, 0) is 56.1 Å². The van der Waals surface area contributed by atoms with Crippen molar-refractivity contribution in [3.63, 3.8) is 0 Å². The maximum Gasteiger partial charge on any atom is 0.320 e. The maximum atomic E-state index is 12.0. The van der Waals surface area contributed by atoms with Crippen molar-refractivity contribution in [2.45, 2.75) is 26.2 Å². The van der Waals surface area contributed by atoms with Gasteiger partial charge in [0, 0.05) is 25.7 Å².